The fourth-order valence-corrected chi connectivity index (χ4v) is 7.71. The van der Waals surface area contributed by atoms with Crippen LogP contribution in [0.5, 0.6) is 0 Å². The summed E-state index contributed by atoms with van der Waals surface area (Å²) in [5.41, 5.74) is 0. The zero-order valence-corrected chi connectivity index (χ0v) is 41.1. The number of rotatable bonds is 49. The monoisotopic (exact) mass is 867 g/mol. The third-order valence-electron chi connectivity index (χ3n) is 11.8. The van der Waals surface area contributed by atoms with Crippen LogP contribution in [0.1, 0.15) is 271 Å². The molecule has 5 heteroatoms. The van der Waals surface area contributed by atoms with Gasteiger partial charge in [-0.05, 0) is 83.5 Å². The maximum Gasteiger partial charge on any atom is 0.306 e. The van der Waals surface area contributed by atoms with E-state index < -0.39 is 6.10 Å². The molecule has 5 nitrogen and oxygen atoms in total. The molecule has 0 aromatic heterocycles. The van der Waals surface area contributed by atoms with Crippen LogP contribution in [0.2, 0.25) is 0 Å². The Morgan fingerprint density at radius 2 is 0.645 bits per heavy atom. The molecule has 0 rings (SSSR count). The van der Waals surface area contributed by atoms with E-state index in [0.717, 1.165) is 57.8 Å². The normalized spacial score (nSPS) is 12.6. The molecule has 0 aliphatic heterocycles. The Bertz CT molecular complexity index is 1070. The van der Waals surface area contributed by atoms with Gasteiger partial charge in [0.15, 0.2) is 6.10 Å². The molecular formula is C57H102O5. The minimum absolute atomic E-state index is 0.0688. The van der Waals surface area contributed by atoms with Crippen molar-refractivity contribution in [3.05, 3.63) is 60.8 Å². The summed E-state index contributed by atoms with van der Waals surface area (Å²) in [6, 6.07) is 0. The van der Waals surface area contributed by atoms with E-state index in [0.29, 0.717) is 12.8 Å². The highest BCUT2D eigenvalue weighted by molar-refractivity contribution is 5.70. The molecule has 0 bridgehead atoms. The molecule has 0 heterocycles. The maximum absolute atomic E-state index is 12.3. The number of carbonyl (C=O) groups excluding carboxylic acids is 2. The van der Waals surface area contributed by atoms with Crippen molar-refractivity contribution in [2.24, 2.45) is 0 Å². The van der Waals surface area contributed by atoms with Crippen LogP contribution in [-0.2, 0) is 19.1 Å². The van der Waals surface area contributed by atoms with Gasteiger partial charge in [-0.15, -0.1) is 0 Å². The first-order valence-electron chi connectivity index (χ1n) is 26.8. The van der Waals surface area contributed by atoms with Gasteiger partial charge in [0.2, 0.25) is 0 Å². The summed E-state index contributed by atoms with van der Waals surface area (Å²) >= 11 is 0. The number of unbranched alkanes of at least 4 members (excludes halogenated alkanes) is 31. The molecule has 62 heavy (non-hydrogen) atoms. The fourth-order valence-electron chi connectivity index (χ4n) is 7.71. The summed E-state index contributed by atoms with van der Waals surface area (Å²) in [6.07, 6.45) is 70.3. The first kappa shape index (κ1) is 59.6. The Hall–Kier alpha value is -2.40. The number of hydrogen-bond acceptors (Lipinski definition) is 5. The van der Waals surface area contributed by atoms with Gasteiger partial charge in [0.05, 0.1) is 6.61 Å². The average Bonchev–Trinajstić information content (AvgIpc) is 3.28. The summed E-state index contributed by atoms with van der Waals surface area (Å²) in [7, 11) is 0. The van der Waals surface area contributed by atoms with E-state index in [1.807, 2.05) is 0 Å². The summed E-state index contributed by atoms with van der Waals surface area (Å²) in [6.45, 7) is 4.14. The van der Waals surface area contributed by atoms with Crippen molar-refractivity contribution < 1.29 is 24.2 Å². The predicted molar refractivity (Wildman–Crippen MR) is 270 cm³/mol. The molecule has 0 amide bonds. The van der Waals surface area contributed by atoms with Crippen LogP contribution in [0.25, 0.3) is 0 Å². The number of aliphatic hydroxyl groups is 1. The van der Waals surface area contributed by atoms with Crippen molar-refractivity contribution in [3.8, 4) is 0 Å². The Kier molecular flexibility index (Phi) is 50.9. The molecule has 0 aliphatic rings. The van der Waals surface area contributed by atoms with Gasteiger partial charge < -0.3 is 14.6 Å². The van der Waals surface area contributed by atoms with Crippen LogP contribution < -0.4 is 0 Å². The third-order valence-corrected chi connectivity index (χ3v) is 11.8. The zero-order chi connectivity index (χ0) is 44.9. The van der Waals surface area contributed by atoms with Gasteiger partial charge in [0.25, 0.3) is 0 Å². The van der Waals surface area contributed by atoms with Crippen LogP contribution >= 0.6 is 0 Å². The highest BCUT2D eigenvalue weighted by atomic mass is 16.6. The Balaban J connectivity index is 3.51. The summed E-state index contributed by atoms with van der Waals surface area (Å²) in [4.78, 5) is 24.5. The smallest absolute Gasteiger partial charge is 0.306 e. The van der Waals surface area contributed by atoms with Gasteiger partial charge in [0.1, 0.15) is 6.61 Å². The van der Waals surface area contributed by atoms with E-state index >= 15 is 0 Å². The van der Waals surface area contributed by atoms with Crippen molar-refractivity contribution >= 4 is 11.9 Å². The number of hydrogen-bond donors (Lipinski definition) is 1. The SMILES string of the molecule is CCCCCCC/C=C\C/C=C\C/C=C\CCCCCCCCCCCCC(=O)OC(CO)COC(=O)CCCCCCCCCCCCC/C=C\C/C=C\CCCCCCC. The number of esters is 2. The molecule has 0 aromatic carbocycles. The Morgan fingerprint density at radius 3 is 0.968 bits per heavy atom. The van der Waals surface area contributed by atoms with Crippen LogP contribution in [0.3, 0.4) is 0 Å². The lowest BCUT2D eigenvalue weighted by Gasteiger charge is -2.15. The summed E-state index contributed by atoms with van der Waals surface area (Å²) in [5.74, 6) is -0.591. The van der Waals surface area contributed by atoms with Gasteiger partial charge in [-0.2, -0.15) is 0 Å². The highest BCUT2D eigenvalue weighted by Crippen LogP contribution is 2.15. The lowest BCUT2D eigenvalue weighted by Crippen LogP contribution is -2.28. The predicted octanol–water partition coefficient (Wildman–Crippen LogP) is 17.9. The number of ether oxygens (including phenoxy) is 2. The van der Waals surface area contributed by atoms with Crippen molar-refractivity contribution in [1.29, 1.82) is 0 Å². The Labute approximate surface area is 385 Å². The van der Waals surface area contributed by atoms with Gasteiger partial charge in [-0.3, -0.25) is 9.59 Å². The molecule has 1 atom stereocenters. The standard InChI is InChI=1S/C57H102O5/c1-3-5-7-9-11-13-15-17-19-21-23-25-27-28-30-32-34-36-38-40-42-44-46-48-50-52-57(60)62-55(53-58)54-61-56(59)51-49-47-45-43-41-39-37-35-33-31-29-26-24-22-20-18-16-14-12-10-8-6-4-2/h15-18,21-24,27-28,55,58H,3-14,19-20,25-26,29-54H2,1-2H3/b17-15-,18-16-,23-21-,24-22-,28-27-. The fraction of sp³-hybridized carbons (Fsp3) is 0.789. The van der Waals surface area contributed by atoms with Gasteiger partial charge in [0, 0.05) is 12.8 Å². The van der Waals surface area contributed by atoms with Crippen molar-refractivity contribution in [2.45, 2.75) is 277 Å². The van der Waals surface area contributed by atoms with Crippen LogP contribution in [0, 0.1) is 0 Å². The molecule has 0 radical (unpaired) electrons. The van der Waals surface area contributed by atoms with Crippen molar-refractivity contribution in [3.63, 3.8) is 0 Å². The van der Waals surface area contributed by atoms with Crippen molar-refractivity contribution in [1.82, 2.24) is 0 Å². The zero-order valence-electron chi connectivity index (χ0n) is 41.1. The molecular weight excluding hydrogens is 765 g/mol. The minimum Gasteiger partial charge on any atom is -0.462 e. The maximum atomic E-state index is 12.3. The number of aliphatic hydroxyl groups excluding tert-OH is 1. The van der Waals surface area contributed by atoms with E-state index in [1.165, 1.54) is 186 Å². The molecule has 0 aromatic rings. The quantitative estimate of drug-likeness (QED) is 0.0375. The van der Waals surface area contributed by atoms with Crippen molar-refractivity contribution in [2.75, 3.05) is 13.2 Å². The van der Waals surface area contributed by atoms with E-state index in [4.69, 9.17) is 9.47 Å². The second kappa shape index (κ2) is 52.9. The second-order valence-electron chi connectivity index (χ2n) is 17.9. The first-order valence-corrected chi connectivity index (χ1v) is 26.8. The average molecular weight is 867 g/mol. The van der Waals surface area contributed by atoms with E-state index in [1.54, 1.807) is 0 Å². The number of allylic oxidation sites excluding steroid dienone is 10. The topological polar surface area (TPSA) is 72.8 Å². The van der Waals surface area contributed by atoms with E-state index in [9.17, 15) is 14.7 Å². The largest absolute Gasteiger partial charge is 0.462 e. The molecule has 0 spiro atoms. The molecule has 0 aliphatic carbocycles. The molecule has 0 saturated heterocycles. The van der Waals surface area contributed by atoms with Gasteiger partial charge in [-0.25, -0.2) is 0 Å². The van der Waals surface area contributed by atoms with Crippen LogP contribution in [0.15, 0.2) is 60.8 Å². The van der Waals surface area contributed by atoms with Crippen LogP contribution in [0.4, 0.5) is 0 Å². The third kappa shape index (κ3) is 50.2. The van der Waals surface area contributed by atoms with E-state index in [-0.39, 0.29) is 25.2 Å². The summed E-state index contributed by atoms with van der Waals surface area (Å²) in [5, 5.41) is 9.64. The van der Waals surface area contributed by atoms with Crippen LogP contribution in [-0.4, -0.2) is 36.4 Å². The highest BCUT2D eigenvalue weighted by Gasteiger charge is 2.16. The second-order valence-corrected chi connectivity index (χ2v) is 17.9. The molecule has 1 N–H and O–H groups in total. The number of carbonyl (C=O) groups is 2. The van der Waals surface area contributed by atoms with Gasteiger partial charge >= 0.3 is 11.9 Å². The van der Waals surface area contributed by atoms with Gasteiger partial charge in [-0.1, -0.05) is 235 Å². The lowest BCUT2D eigenvalue weighted by molar-refractivity contribution is -0.161. The molecule has 1 unspecified atom stereocenters. The molecule has 0 saturated carbocycles. The lowest BCUT2D eigenvalue weighted by atomic mass is 10.0. The minimum atomic E-state index is -0.777. The Morgan fingerprint density at radius 1 is 0.371 bits per heavy atom. The molecule has 0 fully saturated rings. The first-order chi connectivity index (χ1) is 30.6. The van der Waals surface area contributed by atoms with E-state index in [2.05, 4.69) is 74.6 Å². The molecule has 360 valence electrons. The summed E-state index contributed by atoms with van der Waals surface area (Å²) < 4.78 is 10.7.